The summed E-state index contributed by atoms with van der Waals surface area (Å²) in [5.74, 6) is 0. The fourth-order valence-electron chi connectivity index (χ4n) is 0.394. The van der Waals surface area contributed by atoms with Crippen molar-refractivity contribution in [2.75, 3.05) is 6.54 Å². The summed E-state index contributed by atoms with van der Waals surface area (Å²) in [6.45, 7) is 3.20. The van der Waals surface area contributed by atoms with E-state index in [2.05, 4.69) is 6.55 Å². The molecule has 0 aromatic heterocycles. The van der Waals surface area contributed by atoms with Gasteiger partial charge in [0.2, 0.25) is 0 Å². The standard InChI is InChI=1S/C4H13NSi.3ClH.Pd/c1-6-4-2-3-5;;;;/h2-6H2,1H3;3*1H;/q;;;;+3/p-3. The molecule has 0 aliphatic carbocycles. The van der Waals surface area contributed by atoms with Gasteiger partial charge in [-0.25, -0.2) is 0 Å². The predicted octanol–water partition coefficient (Wildman–Crippen LogP) is 2.04. The van der Waals surface area contributed by atoms with Crippen LogP contribution in [0.25, 0.3) is 0 Å². The topological polar surface area (TPSA) is 26.0 Å². The molecule has 0 aliphatic heterocycles. The fraction of sp³-hybridized carbons (Fsp3) is 1.00. The Kier molecular flexibility index (Phi) is 19.0. The van der Waals surface area contributed by atoms with Gasteiger partial charge in [-0.3, -0.25) is 0 Å². The Morgan fingerprint density at radius 3 is 1.90 bits per heavy atom. The second-order valence-electron chi connectivity index (χ2n) is 1.63. The first-order chi connectivity index (χ1) is 4.65. The van der Waals surface area contributed by atoms with Crippen molar-refractivity contribution in [1.82, 2.24) is 0 Å². The summed E-state index contributed by atoms with van der Waals surface area (Å²) >= 11 is -1.57. The zero-order chi connectivity index (χ0) is 8.41. The van der Waals surface area contributed by atoms with Crippen LogP contribution in [-0.2, 0) is 13.7 Å². The normalized spacial score (nSPS) is 11.1. The molecule has 6 heteroatoms. The van der Waals surface area contributed by atoms with Gasteiger partial charge in [-0.05, 0) is 13.0 Å². The summed E-state index contributed by atoms with van der Waals surface area (Å²) in [5, 5.41) is 0. The van der Waals surface area contributed by atoms with Gasteiger partial charge >= 0.3 is 42.3 Å². The molecule has 0 aromatic rings. The Bertz CT molecular complexity index is 51.0. The van der Waals surface area contributed by atoms with E-state index in [0.29, 0.717) is 9.52 Å². The van der Waals surface area contributed by atoms with Gasteiger partial charge in [0.05, 0.1) is 0 Å². The van der Waals surface area contributed by atoms with Crippen molar-refractivity contribution in [1.29, 1.82) is 0 Å². The van der Waals surface area contributed by atoms with E-state index in [9.17, 15) is 0 Å². The molecule has 0 amide bonds. The van der Waals surface area contributed by atoms with Crippen LogP contribution in [0.4, 0.5) is 0 Å². The summed E-state index contributed by atoms with van der Waals surface area (Å²) in [6.07, 6.45) is 1.25. The average molecular weight is 316 g/mol. The van der Waals surface area contributed by atoms with E-state index in [1.807, 2.05) is 0 Å². The van der Waals surface area contributed by atoms with Gasteiger partial charge in [0, 0.05) is 9.52 Å². The van der Waals surface area contributed by atoms with Crippen molar-refractivity contribution in [2.45, 2.75) is 19.0 Å². The third kappa shape index (κ3) is 33.2. The molecule has 69 valence electrons. The number of nitrogens with two attached hydrogens (primary N) is 1. The minimum absolute atomic E-state index is 0.323. The molecule has 0 aliphatic rings. The number of halogens is 3. The van der Waals surface area contributed by atoms with E-state index in [0.717, 1.165) is 6.54 Å². The van der Waals surface area contributed by atoms with Crippen LogP contribution in [0.15, 0.2) is 0 Å². The monoisotopic (exact) mass is 314 g/mol. The molecule has 0 spiro atoms. The number of hydrogen-bond donors (Lipinski definition) is 1. The Labute approximate surface area is 82.6 Å². The van der Waals surface area contributed by atoms with Crippen LogP contribution >= 0.6 is 28.6 Å². The molecular formula is C4H13Cl3NPdSi. The molecule has 0 fully saturated rings. The van der Waals surface area contributed by atoms with E-state index in [4.69, 9.17) is 34.3 Å². The van der Waals surface area contributed by atoms with E-state index >= 15 is 0 Å². The first kappa shape index (κ1) is 14.2. The molecule has 0 unspecified atom stereocenters. The summed E-state index contributed by atoms with van der Waals surface area (Å²) in [4.78, 5) is 0. The molecule has 0 radical (unpaired) electrons. The molecule has 0 saturated heterocycles. The van der Waals surface area contributed by atoms with E-state index in [1.54, 1.807) is 0 Å². The van der Waals surface area contributed by atoms with Crippen molar-refractivity contribution in [3.05, 3.63) is 0 Å². The van der Waals surface area contributed by atoms with E-state index in [-0.39, 0.29) is 0 Å². The van der Waals surface area contributed by atoms with Crippen LogP contribution in [0.3, 0.4) is 0 Å². The minimum atomic E-state index is -1.57. The van der Waals surface area contributed by atoms with Crippen LogP contribution in [0.1, 0.15) is 6.42 Å². The maximum atomic E-state index is 5.24. The van der Waals surface area contributed by atoms with Crippen LogP contribution in [0.5, 0.6) is 0 Å². The summed E-state index contributed by atoms with van der Waals surface area (Å²) in [7, 11) is 15.1. The van der Waals surface area contributed by atoms with Crippen LogP contribution < -0.4 is 5.73 Å². The third-order valence-electron chi connectivity index (χ3n) is 0.808. The van der Waals surface area contributed by atoms with Crippen molar-refractivity contribution < 1.29 is 13.7 Å². The molecule has 0 bridgehead atoms. The second-order valence-corrected chi connectivity index (χ2v) is 10.4. The molecule has 0 atom stereocenters. The Hall–Kier alpha value is 1.71. The van der Waals surface area contributed by atoms with Gasteiger partial charge in [0.1, 0.15) is 0 Å². The van der Waals surface area contributed by atoms with Gasteiger partial charge in [-0.15, -0.1) is 0 Å². The zero-order valence-electron chi connectivity index (χ0n) is 5.86. The quantitative estimate of drug-likeness (QED) is 0.626. The van der Waals surface area contributed by atoms with Crippen molar-refractivity contribution in [3.8, 4) is 0 Å². The van der Waals surface area contributed by atoms with Gasteiger partial charge in [-0.2, -0.15) is 0 Å². The molecule has 10 heavy (non-hydrogen) atoms. The molecule has 0 rings (SSSR count). The maximum absolute atomic E-state index is 5.24. The SMILES string of the molecule is C[SiH2]CCCN.[Cl][Pd]([Cl])[Cl]. The van der Waals surface area contributed by atoms with Gasteiger partial charge in [0.15, 0.2) is 0 Å². The number of hydrogen-bond acceptors (Lipinski definition) is 1. The van der Waals surface area contributed by atoms with E-state index in [1.165, 1.54) is 12.5 Å². The van der Waals surface area contributed by atoms with Gasteiger partial charge in [0.25, 0.3) is 0 Å². The molecular weight excluding hydrogens is 303 g/mol. The first-order valence-electron chi connectivity index (χ1n) is 2.97. The van der Waals surface area contributed by atoms with Crippen LogP contribution in [0.2, 0.25) is 12.6 Å². The summed E-state index contributed by atoms with van der Waals surface area (Å²) < 4.78 is 0. The van der Waals surface area contributed by atoms with E-state index < -0.39 is 13.7 Å². The second kappa shape index (κ2) is 13.3. The molecule has 0 saturated carbocycles. The molecule has 1 nitrogen and oxygen atoms in total. The summed E-state index contributed by atoms with van der Waals surface area (Å²) in [6, 6.07) is 1.43. The Morgan fingerprint density at radius 2 is 1.80 bits per heavy atom. The Balaban J connectivity index is 0. The molecule has 0 heterocycles. The predicted molar refractivity (Wildman–Crippen MR) is 50.4 cm³/mol. The van der Waals surface area contributed by atoms with Crippen molar-refractivity contribution in [2.24, 2.45) is 5.73 Å². The third-order valence-corrected chi connectivity index (χ3v) is 2.01. The molecule has 2 N–H and O–H groups in total. The fourth-order valence-corrected chi connectivity index (χ4v) is 1.18. The van der Waals surface area contributed by atoms with Crippen molar-refractivity contribution >= 4 is 38.1 Å². The number of rotatable bonds is 3. The van der Waals surface area contributed by atoms with Crippen LogP contribution in [0, 0.1) is 0 Å². The van der Waals surface area contributed by atoms with Crippen LogP contribution in [-0.4, -0.2) is 16.1 Å². The Morgan fingerprint density at radius 1 is 1.40 bits per heavy atom. The summed E-state index contributed by atoms with van der Waals surface area (Å²) in [5.41, 5.74) is 5.24. The van der Waals surface area contributed by atoms with Gasteiger partial charge in [-0.1, -0.05) is 12.6 Å². The molecule has 0 aromatic carbocycles. The van der Waals surface area contributed by atoms with Crippen molar-refractivity contribution in [3.63, 3.8) is 0 Å². The first-order valence-corrected chi connectivity index (χ1v) is 11.4. The average Bonchev–Trinajstić information content (AvgIpc) is 1.82. The van der Waals surface area contributed by atoms with Gasteiger partial charge < -0.3 is 5.73 Å². The zero-order valence-corrected chi connectivity index (χ0v) is 11.1.